The van der Waals surface area contributed by atoms with Gasteiger partial charge in [-0.3, -0.25) is 4.79 Å². The summed E-state index contributed by atoms with van der Waals surface area (Å²) >= 11 is 0. The fourth-order valence-electron chi connectivity index (χ4n) is 4.19. The monoisotopic (exact) mass is 360 g/mol. The van der Waals surface area contributed by atoms with Crippen molar-refractivity contribution in [1.82, 2.24) is 0 Å². The van der Waals surface area contributed by atoms with E-state index in [4.69, 9.17) is 9.47 Å². The Labute approximate surface area is 150 Å². The van der Waals surface area contributed by atoms with Gasteiger partial charge < -0.3 is 9.47 Å². The lowest BCUT2D eigenvalue weighted by Crippen LogP contribution is -2.47. The molecule has 2 fully saturated rings. The van der Waals surface area contributed by atoms with Crippen LogP contribution in [0.15, 0.2) is 0 Å². The Morgan fingerprint density at radius 3 is 2.20 bits per heavy atom. The minimum Gasteiger partial charge on any atom is -0.459 e. The molecule has 0 aromatic rings. The number of carbonyl (C=O) groups excluding carboxylic acids is 1. The highest BCUT2D eigenvalue weighted by molar-refractivity contribution is 5.72. The molecule has 4 atom stereocenters. The molecule has 3 nitrogen and oxygen atoms in total. The molecular weight excluding hydrogens is 326 g/mol. The van der Waals surface area contributed by atoms with Gasteiger partial charge in [-0.05, 0) is 51.4 Å². The second-order valence-electron chi connectivity index (χ2n) is 7.65. The molecule has 0 amide bonds. The van der Waals surface area contributed by atoms with Crippen molar-refractivity contribution in [2.24, 2.45) is 11.8 Å². The van der Waals surface area contributed by atoms with Crippen molar-refractivity contribution in [3.63, 3.8) is 0 Å². The Kier molecular flexibility index (Phi) is 8.60. The normalized spacial score (nSPS) is 36.2. The van der Waals surface area contributed by atoms with Crippen molar-refractivity contribution in [3.05, 3.63) is 0 Å². The zero-order valence-electron chi connectivity index (χ0n) is 15.7. The Morgan fingerprint density at radius 2 is 1.56 bits per heavy atom. The molecule has 0 aromatic carbocycles. The maximum absolute atomic E-state index is 14.2. The second-order valence-corrected chi connectivity index (χ2v) is 7.65. The largest absolute Gasteiger partial charge is 0.459 e. The van der Waals surface area contributed by atoms with Crippen molar-refractivity contribution in [2.75, 3.05) is 6.61 Å². The first kappa shape index (κ1) is 20.6. The van der Waals surface area contributed by atoms with E-state index in [1.54, 1.807) is 6.92 Å². The van der Waals surface area contributed by atoms with Crippen LogP contribution < -0.4 is 0 Å². The van der Waals surface area contributed by atoms with Gasteiger partial charge >= 0.3 is 5.97 Å². The predicted molar refractivity (Wildman–Crippen MR) is 93.9 cm³/mol. The van der Waals surface area contributed by atoms with Gasteiger partial charge in [-0.2, -0.15) is 0 Å². The van der Waals surface area contributed by atoms with Gasteiger partial charge in [-0.15, -0.1) is 0 Å². The van der Waals surface area contributed by atoms with Crippen LogP contribution in [0.25, 0.3) is 0 Å². The molecule has 5 heteroatoms. The second kappa shape index (κ2) is 10.4. The van der Waals surface area contributed by atoms with Crippen LogP contribution >= 0.6 is 0 Å². The highest BCUT2D eigenvalue weighted by atomic mass is 19.2. The third-order valence-electron chi connectivity index (χ3n) is 5.79. The van der Waals surface area contributed by atoms with Crippen LogP contribution in [0, 0.1) is 11.8 Å². The molecule has 2 rings (SSSR count). The highest BCUT2D eigenvalue weighted by Crippen LogP contribution is 2.34. The van der Waals surface area contributed by atoms with Gasteiger partial charge in [0.2, 0.25) is 0 Å². The number of hydrogen-bond acceptors (Lipinski definition) is 3. The fraction of sp³-hybridized carbons (Fsp3) is 0.950. The van der Waals surface area contributed by atoms with E-state index < -0.39 is 24.6 Å². The van der Waals surface area contributed by atoms with Gasteiger partial charge in [-0.1, -0.05) is 32.6 Å². The fourth-order valence-corrected chi connectivity index (χ4v) is 4.19. The first-order chi connectivity index (χ1) is 12.1. The quantitative estimate of drug-likeness (QED) is 0.443. The molecule has 146 valence electrons. The van der Waals surface area contributed by atoms with Crippen molar-refractivity contribution < 1.29 is 23.0 Å². The number of halogens is 2. The zero-order chi connectivity index (χ0) is 18.2. The first-order valence-electron chi connectivity index (χ1n) is 10.2. The van der Waals surface area contributed by atoms with Crippen LogP contribution in [0.2, 0.25) is 0 Å². The minimum atomic E-state index is -1.78. The van der Waals surface area contributed by atoms with Crippen molar-refractivity contribution in [1.29, 1.82) is 0 Å². The molecule has 4 unspecified atom stereocenters. The van der Waals surface area contributed by atoms with Crippen molar-refractivity contribution in [3.8, 4) is 0 Å². The van der Waals surface area contributed by atoms with Gasteiger partial charge in [0.05, 0.1) is 12.0 Å². The number of hydrogen-bond donors (Lipinski definition) is 0. The minimum absolute atomic E-state index is 0.141. The van der Waals surface area contributed by atoms with Gasteiger partial charge in [0.25, 0.3) is 0 Å². The topological polar surface area (TPSA) is 35.5 Å². The summed E-state index contributed by atoms with van der Waals surface area (Å²) in [5, 5.41) is 0. The molecular formula is C20H34F2O3. The van der Waals surface area contributed by atoms with Crippen LogP contribution in [0.5, 0.6) is 0 Å². The number of carbonyl (C=O) groups is 1. The Morgan fingerprint density at radius 1 is 0.920 bits per heavy atom. The van der Waals surface area contributed by atoms with Crippen LogP contribution in [0.3, 0.4) is 0 Å². The summed E-state index contributed by atoms with van der Waals surface area (Å²) in [6.07, 6.45) is 4.32. The Balaban J connectivity index is 1.73. The van der Waals surface area contributed by atoms with Gasteiger partial charge in [0.1, 0.15) is 6.10 Å². The van der Waals surface area contributed by atoms with Crippen LogP contribution in [0.1, 0.15) is 78.1 Å². The number of unbranched alkanes of at least 4 members (excludes halogenated alkanes) is 2. The molecule has 2 saturated carbocycles. The summed E-state index contributed by atoms with van der Waals surface area (Å²) < 4.78 is 38.9. The molecule has 0 heterocycles. The van der Waals surface area contributed by atoms with Crippen LogP contribution in [-0.2, 0) is 14.3 Å². The molecule has 0 bridgehead atoms. The predicted octanol–water partition coefficient (Wildman–Crippen LogP) is 5.16. The standard InChI is InChI=1S/C20H34F2O3/c1-3-5-6-7-14-8-10-15(11-9-14)20(23)25-17-13-12-16(24-4-2)18(21)19(17)22/h14-19H,3-13H2,1-2H3. The Hall–Kier alpha value is -0.710. The van der Waals surface area contributed by atoms with Crippen molar-refractivity contribution in [2.45, 2.75) is 103 Å². The van der Waals surface area contributed by atoms with Gasteiger partial charge in [0, 0.05) is 6.61 Å². The molecule has 25 heavy (non-hydrogen) atoms. The summed E-state index contributed by atoms with van der Waals surface area (Å²) in [6.45, 7) is 4.34. The molecule has 0 aliphatic heterocycles. The molecule has 0 aromatic heterocycles. The average molecular weight is 360 g/mol. The van der Waals surface area contributed by atoms with E-state index in [-0.39, 0.29) is 11.9 Å². The number of rotatable bonds is 8. The summed E-state index contributed by atoms with van der Waals surface area (Å²) in [7, 11) is 0. The highest BCUT2D eigenvalue weighted by Gasteiger charge is 2.43. The maximum Gasteiger partial charge on any atom is 0.309 e. The molecule has 0 radical (unpaired) electrons. The number of ether oxygens (including phenoxy) is 2. The SMILES string of the molecule is CCCCCC1CCC(C(=O)OC2CCC(OCC)C(F)C2F)CC1. The zero-order valence-corrected chi connectivity index (χ0v) is 15.7. The van der Waals surface area contributed by atoms with E-state index in [1.807, 2.05) is 0 Å². The van der Waals surface area contributed by atoms with Crippen LogP contribution in [-0.4, -0.2) is 37.1 Å². The maximum atomic E-state index is 14.2. The van der Waals surface area contributed by atoms with Gasteiger partial charge in [0.15, 0.2) is 12.3 Å². The summed E-state index contributed by atoms with van der Waals surface area (Å²) in [5.74, 6) is 0.236. The third-order valence-corrected chi connectivity index (χ3v) is 5.79. The summed E-state index contributed by atoms with van der Waals surface area (Å²) in [5.41, 5.74) is 0. The van der Waals surface area contributed by atoms with Crippen LogP contribution in [0.4, 0.5) is 8.78 Å². The van der Waals surface area contributed by atoms with Crippen molar-refractivity contribution >= 4 is 5.97 Å². The third kappa shape index (κ3) is 5.90. The molecule has 0 spiro atoms. The van der Waals surface area contributed by atoms with Gasteiger partial charge in [-0.25, -0.2) is 8.78 Å². The molecule has 0 saturated heterocycles. The first-order valence-corrected chi connectivity index (χ1v) is 10.2. The smallest absolute Gasteiger partial charge is 0.309 e. The Bertz CT molecular complexity index is 396. The molecule has 0 N–H and O–H groups in total. The summed E-state index contributed by atoms with van der Waals surface area (Å²) in [4.78, 5) is 12.4. The van der Waals surface area contributed by atoms with E-state index in [0.717, 1.165) is 25.7 Å². The lowest BCUT2D eigenvalue weighted by molar-refractivity contribution is -0.169. The van der Waals surface area contributed by atoms with E-state index in [1.165, 1.54) is 25.7 Å². The molecule has 2 aliphatic rings. The number of alkyl halides is 2. The number of esters is 1. The van der Waals surface area contributed by atoms with E-state index in [0.29, 0.717) is 25.4 Å². The summed E-state index contributed by atoms with van der Waals surface area (Å²) in [6, 6.07) is 0. The van der Waals surface area contributed by atoms with E-state index >= 15 is 0 Å². The molecule has 2 aliphatic carbocycles. The lowest BCUT2D eigenvalue weighted by atomic mass is 9.79. The average Bonchev–Trinajstić information content (AvgIpc) is 2.62. The van der Waals surface area contributed by atoms with E-state index in [9.17, 15) is 13.6 Å². The van der Waals surface area contributed by atoms with E-state index in [2.05, 4.69) is 6.92 Å². The lowest BCUT2D eigenvalue weighted by Gasteiger charge is -2.35.